The van der Waals surface area contributed by atoms with E-state index in [2.05, 4.69) is 46.6 Å². The molecule has 0 aliphatic carbocycles. The van der Waals surface area contributed by atoms with Crippen molar-refractivity contribution in [2.24, 2.45) is 4.99 Å². The van der Waals surface area contributed by atoms with Crippen molar-refractivity contribution < 1.29 is 4.52 Å². The largest absolute Gasteiger partial charge is 0.359 e. The maximum Gasteiger partial charge on any atom is 0.191 e. The monoisotopic (exact) mass is 333 g/mol. The number of aliphatic imine (C=N–C) groups is 1. The number of aromatic nitrogens is 1. The first kappa shape index (κ1) is 17.3. The van der Waals surface area contributed by atoms with Gasteiger partial charge in [0.15, 0.2) is 11.7 Å². The zero-order valence-corrected chi connectivity index (χ0v) is 15.4. The molecule has 0 amide bonds. The molecule has 3 heterocycles. The highest BCUT2D eigenvalue weighted by Gasteiger charge is 2.36. The Morgan fingerprint density at radius 3 is 2.67 bits per heavy atom. The summed E-state index contributed by atoms with van der Waals surface area (Å²) in [4.78, 5) is 6.95. The summed E-state index contributed by atoms with van der Waals surface area (Å²) in [5.74, 6) is 2.09. The first-order valence-corrected chi connectivity index (χ1v) is 9.21. The number of rotatable bonds is 4. The molecule has 2 aliphatic heterocycles. The van der Waals surface area contributed by atoms with Gasteiger partial charge >= 0.3 is 0 Å². The highest BCUT2D eigenvalue weighted by molar-refractivity contribution is 5.79. The Labute approximate surface area is 145 Å². The third-order valence-electron chi connectivity index (χ3n) is 5.50. The maximum atomic E-state index is 5.38. The van der Waals surface area contributed by atoms with Crippen LogP contribution in [0.4, 0.5) is 0 Å². The second-order valence-corrected chi connectivity index (χ2v) is 7.52. The van der Waals surface area contributed by atoms with Gasteiger partial charge in [-0.25, -0.2) is 0 Å². The number of nitrogens with zero attached hydrogens (tertiary/aromatic N) is 3. The molecule has 3 rings (SSSR count). The van der Waals surface area contributed by atoms with Crippen LogP contribution in [-0.2, 0) is 6.54 Å². The van der Waals surface area contributed by atoms with Crippen molar-refractivity contribution in [2.75, 3.05) is 14.1 Å². The number of piperidine rings is 2. The highest BCUT2D eigenvalue weighted by Crippen LogP contribution is 2.32. The predicted octanol–water partition coefficient (Wildman–Crippen LogP) is 2.48. The second kappa shape index (κ2) is 7.55. The number of fused-ring (bicyclic) bond motifs is 2. The lowest BCUT2D eigenvalue weighted by molar-refractivity contribution is 0.0526. The third-order valence-corrected chi connectivity index (χ3v) is 5.50. The summed E-state index contributed by atoms with van der Waals surface area (Å²) in [6, 6.07) is 3.96. The van der Waals surface area contributed by atoms with Crippen LogP contribution < -0.4 is 10.6 Å². The van der Waals surface area contributed by atoms with Gasteiger partial charge < -0.3 is 20.1 Å². The summed E-state index contributed by atoms with van der Waals surface area (Å²) < 4.78 is 5.38. The van der Waals surface area contributed by atoms with Gasteiger partial charge in [-0.15, -0.1) is 0 Å². The van der Waals surface area contributed by atoms with Gasteiger partial charge in [0.05, 0.1) is 12.2 Å². The molecule has 2 atom stereocenters. The Bertz CT molecular complexity index is 554. The van der Waals surface area contributed by atoms with Gasteiger partial charge in [-0.2, -0.15) is 0 Å². The smallest absolute Gasteiger partial charge is 0.191 e. The van der Waals surface area contributed by atoms with E-state index in [1.807, 2.05) is 13.1 Å². The first-order chi connectivity index (χ1) is 11.6. The van der Waals surface area contributed by atoms with Crippen molar-refractivity contribution in [3.8, 4) is 0 Å². The van der Waals surface area contributed by atoms with Crippen molar-refractivity contribution >= 4 is 5.96 Å². The zero-order chi connectivity index (χ0) is 17.1. The summed E-state index contributed by atoms with van der Waals surface area (Å²) in [6.07, 6.45) is 6.44. The van der Waals surface area contributed by atoms with Crippen LogP contribution in [-0.4, -0.2) is 48.2 Å². The Hall–Kier alpha value is -1.56. The van der Waals surface area contributed by atoms with Crippen molar-refractivity contribution in [3.63, 3.8) is 0 Å². The van der Waals surface area contributed by atoms with E-state index in [0.29, 0.717) is 18.5 Å². The minimum Gasteiger partial charge on any atom is -0.359 e. The van der Waals surface area contributed by atoms with Crippen molar-refractivity contribution in [2.45, 2.75) is 76.5 Å². The Morgan fingerprint density at radius 2 is 2.08 bits per heavy atom. The fourth-order valence-electron chi connectivity index (χ4n) is 3.98. The van der Waals surface area contributed by atoms with Crippen LogP contribution in [0.3, 0.4) is 0 Å². The summed E-state index contributed by atoms with van der Waals surface area (Å²) >= 11 is 0. The molecule has 134 valence electrons. The fourth-order valence-corrected chi connectivity index (χ4v) is 3.98. The van der Waals surface area contributed by atoms with E-state index in [1.54, 1.807) is 0 Å². The molecule has 6 heteroatoms. The molecule has 2 N–H and O–H groups in total. The summed E-state index contributed by atoms with van der Waals surface area (Å²) in [6.45, 7) is 4.85. The Kier molecular flexibility index (Phi) is 5.43. The Balaban J connectivity index is 1.51. The second-order valence-electron chi connectivity index (χ2n) is 7.52. The van der Waals surface area contributed by atoms with Gasteiger partial charge in [0.2, 0.25) is 0 Å². The molecule has 24 heavy (non-hydrogen) atoms. The number of hydrogen-bond donors (Lipinski definition) is 2. The van der Waals surface area contributed by atoms with Crippen LogP contribution in [0.1, 0.15) is 63.3 Å². The fraction of sp³-hybridized carbons (Fsp3) is 0.778. The van der Waals surface area contributed by atoms with Crippen LogP contribution in [0.25, 0.3) is 0 Å². The molecule has 2 aliphatic rings. The van der Waals surface area contributed by atoms with E-state index in [4.69, 9.17) is 4.52 Å². The third kappa shape index (κ3) is 3.91. The normalized spacial score (nSPS) is 28.2. The van der Waals surface area contributed by atoms with Gasteiger partial charge in [-0.1, -0.05) is 25.4 Å². The standard InChI is InChI=1S/C18H31N5O/c1-12(2)17-10-16(24-22-17)11-20-18(19-3)21-13-8-14-6-5-7-15(9-13)23(14)4/h10,12-15H,5-9,11H2,1-4H3,(H2,19,20,21). The van der Waals surface area contributed by atoms with E-state index in [9.17, 15) is 0 Å². The molecule has 2 fully saturated rings. The lowest BCUT2D eigenvalue weighted by Crippen LogP contribution is -2.56. The molecule has 0 spiro atoms. The number of nitrogens with one attached hydrogen (secondary N) is 2. The quantitative estimate of drug-likeness (QED) is 0.654. The number of guanidine groups is 1. The van der Waals surface area contributed by atoms with Gasteiger partial charge in [0.1, 0.15) is 0 Å². The molecule has 0 saturated carbocycles. The van der Waals surface area contributed by atoms with Gasteiger partial charge in [0, 0.05) is 31.2 Å². The average molecular weight is 333 g/mol. The average Bonchev–Trinajstić information content (AvgIpc) is 3.01. The molecule has 0 aromatic carbocycles. The molecule has 1 aromatic rings. The van der Waals surface area contributed by atoms with Gasteiger partial charge in [-0.3, -0.25) is 4.99 Å². The molecule has 2 bridgehead atoms. The molecule has 6 nitrogen and oxygen atoms in total. The van der Waals surface area contributed by atoms with E-state index in [0.717, 1.165) is 29.5 Å². The first-order valence-electron chi connectivity index (χ1n) is 9.21. The molecular weight excluding hydrogens is 302 g/mol. The van der Waals surface area contributed by atoms with E-state index < -0.39 is 0 Å². The van der Waals surface area contributed by atoms with Crippen LogP contribution in [0.2, 0.25) is 0 Å². The number of hydrogen-bond acceptors (Lipinski definition) is 4. The Morgan fingerprint density at radius 1 is 1.38 bits per heavy atom. The van der Waals surface area contributed by atoms with E-state index >= 15 is 0 Å². The van der Waals surface area contributed by atoms with E-state index in [1.165, 1.54) is 32.1 Å². The molecule has 2 saturated heterocycles. The summed E-state index contributed by atoms with van der Waals surface area (Å²) in [5, 5.41) is 11.1. The zero-order valence-electron chi connectivity index (χ0n) is 15.4. The topological polar surface area (TPSA) is 65.7 Å². The van der Waals surface area contributed by atoms with Gasteiger partial charge in [0.25, 0.3) is 0 Å². The van der Waals surface area contributed by atoms with Crippen LogP contribution >= 0.6 is 0 Å². The molecule has 0 radical (unpaired) electrons. The van der Waals surface area contributed by atoms with Gasteiger partial charge in [-0.05, 0) is 38.6 Å². The lowest BCUT2D eigenvalue weighted by Gasteiger charge is -2.47. The minimum absolute atomic E-state index is 0.388. The summed E-state index contributed by atoms with van der Waals surface area (Å²) in [7, 11) is 4.11. The minimum atomic E-state index is 0.388. The van der Waals surface area contributed by atoms with Crippen molar-refractivity contribution in [1.82, 2.24) is 20.7 Å². The van der Waals surface area contributed by atoms with Crippen LogP contribution in [0.15, 0.2) is 15.6 Å². The maximum absolute atomic E-state index is 5.38. The molecule has 1 aromatic heterocycles. The van der Waals surface area contributed by atoms with Crippen LogP contribution in [0, 0.1) is 0 Å². The van der Waals surface area contributed by atoms with Crippen molar-refractivity contribution in [1.29, 1.82) is 0 Å². The van der Waals surface area contributed by atoms with Crippen molar-refractivity contribution in [3.05, 3.63) is 17.5 Å². The summed E-state index contributed by atoms with van der Waals surface area (Å²) in [5.41, 5.74) is 0.998. The SMILES string of the molecule is CN=C(NCc1cc(C(C)C)no1)NC1CC2CCCC(C1)N2C. The van der Waals surface area contributed by atoms with Crippen LogP contribution in [0.5, 0.6) is 0 Å². The molecule has 2 unspecified atom stereocenters. The molecular formula is C18H31N5O. The predicted molar refractivity (Wildman–Crippen MR) is 96.1 cm³/mol. The lowest BCUT2D eigenvalue weighted by atomic mass is 9.82. The van der Waals surface area contributed by atoms with E-state index in [-0.39, 0.29) is 0 Å². The highest BCUT2D eigenvalue weighted by atomic mass is 16.5.